The van der Waals surface area contributed by atoms with Crippen LogP contribution in [0.1, 0.15) is 32.3 Å². The van der Waals surface area contributed by atoms with Gasteiger partial charge in [0.25, 0.3) is 0 Å². The third-order valence-corrected chi connectivity index (χ3v) is 5.28. The molecule has 6 heteroatoms. The largest absolute Gasteiger partial charge is 0.497 e. The van der Waals surface area contributed by atoms with E-state index in [1.807, 2.05) is 42.5 Å². The van der Waals surface area contributed by atoms with Crippen molar-refractivity contribution < 1.29 is 13.9 Å². The molecule has 0 saturated carbocycles. The number of amides is 1. The molecule has 1 aliphatic rings. The number of fused-ring (bicyclic) bond motifs is 1. The molecular weight excluding hydrogens is 354 g/mol. The van der Waals surface area contributed by atoms with Crippen molar-refractivity contribution in [3.8, 4) is 17.2 Å². The molecule has 1 amide bonds. The molecule has 2 atom stereocenters. The lowest BCUT2D eigenvalue weighted by Gasteiger charge is -2.27. The molecule has 0 radical (unpaired) electrons. The van der Waals surface area contributed by atoms with Crippen molar-refractivity contribution in [3.63, 3.8) is 0 Å². The molecule has 1 N–H and O–H groups in total. The standard InChI is InChI=1S/C22H23N3O3/c1-4-5-17-13(2)20(24-25-21(17)26)15-8-11-18-19(12-15)28-22(23-18)14-6-9-16(27-3)10-7-14/h6-13,17H,4-5H2,1-3H3,(H,25,26)/t13-,17-/m1/s1. The van der Waals surface area contributed by atoms with Crippen LogP contribution in [0.3, 0.4) is 0 Å². The molecule has 0 aliphatic carbocycles. The molecule has 0 unspecified atom stereocenters. The second-order valence-corrected chi connectivity index (χ2v) is 7.09. The van der Waals surface area contributed by atoms with Crippen LogP contribution in [-0.2, 0) is 4.79 Å². The summed E-state index contributed by atoms with van der Waals surface area (Å²) in [6.45, 7) is 4.15. The minimum atomic E-state index is -0.0576. The number of hydrazone groups is 1. The molecule has 4 rings (SSSR count). The molecule has 0 bridgehead atoms. The fourth-order valence-electron chi connectivity index (χ4n) is 3.68. The Morgan fingerprint density at radius 2 is 1.89 bits per heavy atom. The fourth-order valence-corrected chi connectivity index (χ4v) is 3.68. The SMILES string of the molecule is CCC[C@H]1C(=O)NN=C(c2ccc3nc(-c4ccc(OC)cc4)oc3c2)[C@@H]1C. The molecule has 6 nitrogen and oxygen atoms in total. The first-order valence-electron chi connectivity index (χ1n) is 9.53. The van der Waals surface area contributed by atoms with Crippen LogP contribution < -0.4 is 10.2 Å². The molecule has 144 valence electrons. The van der Waals surface area contributed by atoms with Crippen molar-refractivity contribution in [2.45, 2.75) is 26.7 Å². The van der Waals surface area contributed by atoms with E-state index in [1.165, 1.54) is 0 Å². The molecular formula is C22H23N3O3. The van der Waals surface area contributed by atoms with E-state index in [9.17, 15) is 4.79 Å². The first-order chi connectivity index (χ1) is 13.6. The van der Waals surface area contributed by atoms with E-state index in [-0.39, 0.29) is 17.7 Å². The van der Waals surface area contributed by atoms with Gasteiger partial charge in [0.05, 0.1) is 12.8 Å². The Balaban J connectivity index is 1.67. The predicted molar refractivity (Wildman–Crippen MR) is 108 cm³/mol. The van der Waals surface area contributed by atoms with Crippen molar-refractivity contribution in [3.05, 3.63) is 48.0 Å². The van der Waals surface area contributed by atoms with E-state index in [4.69, 9.17) is 9.15 Å². The van der Waals surface area contributed by atoms with E-state index in [0.717, 1.165) is 40.9 Å². The smallest absolute Gasteiger partial charge is 0.243 e. The topological polar surface area (TPSA) is 76.7 Å². The summed E-state index contributed by atoms with van der Waals surface area (Å²) < 4.78 is 11.2. The van der Waals surface area contributed by atoms with Crippen molar-refractivity contribution >= 4 is 22.7 Å². The summed E-state index contributed by atoms with van der Waals surface area (Å²) in [7, 11) is 1.64. The third kappa shape index (κ3) is 3.26. The highest BCUT2D eigenvalue weighted by Gasteiger charge is 2.32. The summed E-state index contributed by atoms with van der Waals surface area (Å²) in [6.07, 6.45) is 1.81. The van der Waals surface area contributed by atoms with E-state index >= 15 is 0 Å². The van der Waals surface area contributed by atoms with Gasteiger partial charge in [-0.25, -0.2) is 10.4 Å². The number of rotatable bonds is 5. The van der Waals surface area contributed by atoms with Gasteiger partial charge >= 0.3 is 0 Å². The van der Waals surface area contributed by atoms with Crippen LogP contribution >= 0.6 is 0 Å². The van der Waals surface area contributed by atoms with Crippen LogP contribution in [0.4, 0.5) is 0 Å². The van der Waals surface area contributed by atoms with E-state index < -0.39 is 0 Å². The van der Waals surface area contributed by atoms with Gasteiger partial charge in [0.15, 0.2) is 5.58 Å². The minimum Gasteiger partial charge on any atom is -0.497 e. The number of hydrogen-bond donors (Lipinski definition) is 1. The Kier molecular flexibility index (Phi) is 4.86. The Labute approximate surface area is 163 Å². The highest BCUT2D eigenvalue weighted by atomic mass is 16.5. The van der Waals surface area contributed by atoms with Crippen molar-refractivity contribution in [2.24, 2.45) is 16.9 Å². The maximum Gasteiger partial charge on any atom is 0.243 e. The summed E-state index contributed by atoms with van der Waals surface area (Å²) in [5, 5.41) is 4.33. The van der Waals surface area contributed by atoms with Crippen LogP contribution in [0.15, 0.2) is 52.0 Å². The molecule has 0 saturated heterocycles. The number of ether oxygens (including phenoxy) is 1. The Morgan fingerprint density at radius 3 is 2.61 bits per heavy atom. The second-order valence-electron chi connectivity index (χ2n) is 7.09. The van der Waals surface area contributed by atoms with Gasteiger partial charge in [-0.1, -0.05) is 26.3 Å². The number of hydrogen-bond acceptors (Lipinski definition) is 5. The molecule has 1 aliphatic heterocycles. The number of oxazole rings is 1. The highest BCUT2D eigenvalue weighted by molar-refractivity contribution is 6.07. The maximum atomic E-state index is 12.1. The Morgan fingerprint density at radius 1 is 1.14 bits per heavy atom. The lowest BCUT2D eigenvalue weighted by Crippen LogP contribution is -2.40. The zero-order valence-electron chi connectivity index (χ0n) is 16.2. The number of aromatic nitrogens is 1. The van der Waals surface area contributed by atoms with Gasteiger partial charge in [-0.3, -0.25) is 4.79 Å². The molecule has 3 aromatic rings. The lowest BCUT2D eigenvalue weighted by molar-refractivity contribution is -0.126. The first kappa shape index (κ1) is 18.2. The monoisotopic (exact) mass is 377 g/mol. The summed E-state index contributed by atoms with van der Waals surface area (Å²) in [6, 6.07) is 13.5. The van der Waals surface area contributed by atoms with Crippen molar-refractivity contribution in [2.75, 3.05) is 7.11 Å². The number of carbonyl (C=O) groups is 1. The van der Waals surface area contributed by atoms with E-state index in [2.05, 4.69) is 29.4 Å². The Bertz CT molecular complexity index is 1040. The fraction of sp³-hybridized carbons (Fsp3) is 0.318. The number of nitrogens with one attached hydrogen (secondary N) is 1. The van der Waals surface area contributed by atoms with Crippen molar-refractivity contribution in [1.82, 2.24) is 10.4 Å². The maximum absolute atomic E-state index is 12.1. The number of carbonyl (C=O) groups excluding carboxylic acids is 1. The average Bonchev–Trinajstić information content (AvgIpc) is 3.14. The van der Waals surface area contributed by atoms with Gasteiger partial charge in [-0.2, -0.15) is 5.10 Å². The minimum absolute atomic E-state index is 0.000588. The number of nitrogens with zero attached hydrogens (tertiary/aromatic N) is 2. The van der Waals surface area contributed by atoms with Gasteiger partial charge < -0.3 is 9.15 Å². The summed E-state index contributed by atoms with van der Waals surface area (Å²) in [5.41, 5.74) is 6.86. The van der Waals surface area contributed by atoms with Gasteiger partial charge in [0.2, 0.25) is 11.8 Å². The van der Waals surface area contributed by atoms with Gasteiger partial charge in [0.1, 0.15) is 11.3 Å². The summed E-state index contributed by atoms with van der Waals surface area (Å²) in [4.78, 5) is 16.7. The quantitative estimate of drug-likeness (QED) is 0.715. The normalized spacial score (nSPS) is 19.4. The average molecular weight is 377 g/mol. The Hall–Kier alpha value is -3.15. The number of methoxy groups -OCH3 is 1. The van der Waals surface area contributed by atoms with Crippen LogP contribution in [0, 0.1) is 11.8 Å². The molecule has 28 heavy (non-hydrogen) atoms. The summed E-state index contributed by atoms with van der Waals surface area (Å²) >= 11 is 0. The molecule has 2 heterocycles. The van der Waals surface area contributed by atoms with Crippen LogP contribution in [0.25, 0.3) is 22.6 Å². The van der Waals surface area contributed by atoms with Crippen LogP contribution in [0.2, 0.25) is 0 Å². The third-order valence-electron chi connectivity index (χ3n) is 5.28. The van der Waals surface area contributed by atoms with E-state index in [1.54, 1.807) is 7.11 Å². The molecule has 1 aromatic heterocycles. The van der Waals surface area contributed by atoms with Crippen LogP contribution in [-0.4, -0.2) is 23.7 Å². The molecule has 0 spiro atoms. The first-order valence-corrected chi connectivity index (χ1v) is 9.53. The summed E-state index contributed by atoms with van der Waals surface area (Å²) in [5.74, 6) is 1.34. The van der Waals surface area contributed by atoms with Gasteiger partial charge in [-0.15, -0.1) is 0 Å². The molecule has 2 aromatic carbocycles. The van der Waals surface area contributed by atoms with Gasteiger partial charge in [0, 0.05) is 23.0 Å². The lowest BCUT2D eigenvalue weighted by atomic mass is 9.82. The number of benzene rings is 2. The van der Waals surface area contributed by atoms with Crippen molar-refractivity contribution in [1.29, 1.82) is 0 Å². The van der Waals surface area contributed by atoms with E-state index in [0.29, 0.717) is 11.5 Å². The zero-order chi connectivity index (χ0) is 19.7. The predicted octanol–water partition coefficient (Wildman–Crippen LogP) is 4.39. The highest BCUT2D eigenvalue weighted by Crippen LogP contribution is 2.30. The van der Waals surface area contributed by atoms with Gasteiger partial charge in [-0.05, 0) is 42.8 Å². The zero-order valence-corrected chi connectivity index (χ0v) is 16.2. The second kappa shape index (κ2) is 7.46. The molecule has 0 fully saturated rings. The van der Waals surface area contributed by atoms with Crippen LogP contribution in [0.5, 0.6) is 5.75 Å².